The predicted octanol–water partition coefficient (Wildman–Crippen LogP) is 1.55. The molecule has 2 aromatic rings. The highest BCUT2D eigenvalue weighted by molar-refractivity contribution is 5.85. The van der Waals surface area contributed by atoms with Crippen molar-refractivity contribution in [3.63, 3.8) is 0 Å². The minimum atomic E-state index is 0. The van der Waals surface area contributed by atoms with Crippen LogP contribution >= 0.6 is 12.4 Å². The van der Waals surface area contributed by atoms with E-state index in [1.807, 2.05) is 17.0 Å². The highest BCUT2D eigenvalue weighted by atomic mass is 35.5. The first-order valence-corrected chi connectivity index (χ1v) is 5.94. The average molecular weight is 266 g/mol. The fraction of sp³-hybridized carbons (Fsp3) is 0.417. The van der Waals surface area contributed by atoms with Crippen LogP contribution in [0.3, 0.4) is 0 Å². The van der Waals surface area contributed by atoms with Crippen LogP contribution in [0.5, 0.6) is 0 Å². The third-order valence-electron chi connectivity index (χ3n) is 3.17. The maximum atomic E-state index is 4.67. The lowest BCUT2D eigenvalue weighted by Crippen LogP contribution is -2.27. The summed E-state index contributed by atoms with van der Waals surface area (Å²) in [6.45, 7) is 2.14. The number of hydrogen-bond donors (Lipinski definition) is 1. The summed E-state index contributed by atoms with van der Waals surface area (Å²) in [6, 6.07) is 0. The Morgan fingerprint density at radius 2 is 2.00 bits per heavy atom. The SMILES string of the molecule is Cl.c1cn(-c2cncc(C3CCNCC3)n2)cn1. The molecule has 1 fully saturated rings. The normalized spacial score (nSPS) is 16.2. The van der Waals surface area contributed by atoms with Crippen LogP contribution in [0.1, 0.15) is 24.5 Å². The third-order valence-corrected chi connectivity index (χ3v) is 3.17. The molecule has 0 radical (unpaired) electrons. The van der Waals surface area contributed by atoms with Gasteiger partial charge in [0.2, 0.25) is 0 Å². The van der Waals surface area contributed by atoms with Gasteiger partial charge in [0.05, 0.1) is 11.9 Å². The number of rotatable bonds is 2. The Balaban J connectivity index is 0.00000120. The predicted molar refractivity (Wildman–Crippen MR) is 71.2 cm³/mol. The molecule has 1 N–H and O–H groups in total. The van der Waals surface area contributed by atoms with Crippen LogP contribution < -0.4 is 5.32 Å². The molecule has 2 aromatic heterocycles. The Hall–Kier alpha value is -1.46. The Morgan fingerprint density at radius 1 is 1.17 bits per heavy atom. The molecule has 0 aliphatic carbocycles. The topological polar surface area (TPSA) is 55.6 Å². The first-order valence-electron chi connectivity index (χ1n) is 5.94. The van der Waals surface area contributed by atoms with Gasteiger partial charge in [0, 0.05) is 24.5 Å². The Labute approximate surface area is 112 Å². The standard InChI is InChI=1S/C12H15N5.ClH/c1-3-13-4-2-10(1)11-7-15-8-12(16-11)17-6-5-14-9-17;/h5-10,13H,1-4H2;1H. The molecule has 0 aromatic carbocycles. The Kier molecular flexibility index (Phi) is 4.28. The lowest BCUT2D eigenvalue weighted by atomic mass is 9.95. The summed E-state index contributed by atoms with van der Waals surface area (Å²) in [4.78, 5) is 13.0. The molecule has 5 nitrogen and oxygen atoms in total. The fourth-order valence-corrected chi connectivity index (χ4v) is 2.20. The fourth-order valence-electron chi connectivity index (χ4n) is 2.20. The van der Waals surface area contributed by atoms with Crippen molar-refractivity contribution in [2.75, 3.05) is 13.1 Å². The quantitative estimate of drug-likeness (QED) is 0.895. The van der Waals surface area contributed by atoms with E-state index in [9.17, 15) is 0 Å². The summed E-state index contributed by atoms with van der Waals surface area (Å²) in [5.74, 6) is 1.38. The number of aromatic nitrogens is 4. The molecular weight excluding hydrogens is 250 g/mol. The van der Waals surface area contributed by atoms with Crippen LogP contribution in [0.4, 0.5) is 0 Å². The second kappa shape index (κ2) is 5.93. The Bertz CT molecular complexity index is 479. The zero-order valence-corrected chi connectivity index (χ0v) is 10.8. The number of hydrogen-bond acceptors (Lipinski definition) is 4. The molecule has 1 saturated heterocycles. The molecule has 0 spiro atoms. The molecule has 6 heteroatoms. The monoisotopic (exact) mass is 265 g/mol. The summed E-state index contributed by atoms with van der Waals surface area (Å²) in [7, 11) is 0. The molecule has 1 aliphatic heterocycles. The first-order chi connectivity index (χ1) is 8.43. The molecule has 96 valence electrons. The molecule has 1 aliphatic rings. The van der Waals surface area contributed by atoms with Gasteiger partial charge in [-0.15, -0.1) is 12.4 Å². The van der Waals surface area contributed by atoms with E-state index < -0.39 is 0 Å². The van der Waals surface area contributed by atoms with E-state index in [-0.39, 0.29) is 12.4 Å². The van der Waals surface area contributed by atoms with Gasteiger partial charge in [0.15, 0.2) is 5.82 Å². The molecule has 0 bridgehead atoms. The molecule has 0 saturated carbocycles. The van der Waals surface area contributed by atoms with Gasteiger partial charge in [-0.05, 0) is 25.9 Å². The maximum absolute atomic E-state index is 4.67. The van der Waals surface area contributed by atoms with Crippen molar-refractivity contribution in [1.82, 2.24) is 24.8 Å². The van der Waals surface area contributed by atoms with Gasteiger partial charge in [-0.3, -0.25) is 9.55 Å². The summed E-state index contributed by atoms with van der Waals surface area (Å²) >= 11 is 0. The van der Waals surface area contributed by atoms with Crippen LogP contribution in [-0.2, 0) is 0 Å². The largest absolute Gasteiger partial charge is 0.317 e. The molecule has 3 rings (SSSR count). The Morgan fingerprint density at radius 3 is 2.72 bits per heavy atom. The van der Waals surface area contributed by atoms with Crippen molar-refractivity contribution in [3.05, 3.63) is 36.8 Å². The van der Waals surface area contributed by atoms with Crippen LogP contribution in [0.2, 0.25) is 0 Å². The second-order valence-electron chi connectivity index (χ2n) is 4.30. The second-order valence-corrected chi connectivity index (χ2v) is 4.30. The zero-order valence-electron chi connectivity index (χ0n) is 9.99. The van der Waals surface area contributed by atoms with Gasteiger partial charge in [0.25, 0.3) is 0 Å². The first kappa shape index (κ1) is 13.0. The smallest absolute Gasteiger partial charge is 0.156 e. The van der Waals surface area contributed by atoms with Crippen molar-refractivity contribution in [2.45, 2.75) is 18.8 Å². The van der Waals surface area contributed by atoms with Crippen molar-refractivity contribution in [3.8, 4) is 5.82 Å². The van der Waals surface area contributed by atoms with Gasteiger partial charge in [0.1, 0.15) is 6.33 Å². The van der Waals surface area contributed by atoms with Gasteiger partial charge in [-0.1, -0.05) is 0 Å². The summed E-state index contributed by atoms with van der Waals surface area (Å²) in [5.41, 5.74) is 1.10. The summed E-state index contributed by atoms with van der Waals surface area (Å²) in [5, 5.41) is 3.36. The molecule has 0 atom stereocenters. The van der Waals surface area contributed by atoms with E-state index >= 15 is 0 Å². The van der Waals surface area contributed by atoms with E-state index in [1.165, 1.54) is 0 Å². The third kappa shape index (κ3) is 2.68. The van der Waals surface area contributed by atoms with Crippen LogP contribution in [0, 0.1) is 0 Å². The number of piperidine rings is 1. The highest BCUT2D eigenvalue weighted by Gasteiger charge is 2.17. The van der Waals surface area contributed by atoms with Crippen molar-refractivity contribution < 1.29 is 0 Å². The van der Waals surface area contributed by atoms with Crippen LogP contribution in [0.25, 0.3) is 5.82 Å². The molecular formula is C12H16ClN5. The van der Waals surface area contributed by atoms with Crippen molar-refractivity contribution >= 4 is 12.4 Å². The van der Waals surface area contributed by atoms with E-state index in [4.69, 9.17) is 0 Å². The number of nitrogens with one attached hydrogen (secondary N) is 1. The summed E-state index contributed by atoms with van der Waals surface area (Å²) in [6.07, 6.45) is 11.3. The highest BCUT2D eigenvalue weighted by Crippen LogP contribution is 2.23. The average Bonchev–Trinajstić information content (AvgIpc) is 2.94. The lowest BCUT2D eigenvalue weighted by Gasteiger charge is -2.22. The van der Waals surface area contributed by atoms with Gasteiger partial charge < -0.3 is 5.32 Å². The van der Waals surface area contributed by atoms with Gasteiger partial charge >= 0.3 is 0 Å². The van der Waals surface area contributed by atoms with Gasteiger partial charge in [-0.2, -0.15) is 0 Å². The van der Waals surface area contributed by atoms with E-state index in [0.717, 1.165) is 37.4 Å². The molecule has 0 unspecified atom stereocenters. The molecule has 18 heavy (non-hydrogen) atoms. The number of halogens is 1. The van der Waals surface area contributed by atoms with Crippen LogP contribution in [0.15, 0.2) is 31.1 Å². The zero-order chi connectivity index (χ0) is 11.5. The van der Waals surface area contributed by atoms with Gasteiger partial charge in [-0.25, -0.2) is 9.97 Å². The van der Waals surface area contributed by atoms with E-state index in [0.29, 0.717) is 5.92 Å². The van der Waals surface area contributed by atoms with Crippen molar-refractivity contribution in [2.24, 2.45) is 0 Å². The maximum Gasteiger partial charge on any atom is 0.156 e. The molecule has 0 amide bonds. The minimum Gasteiger partial charge on any atom is -0.317 e. The number of nitrogens with zero attached hydrogens (tertiary/aromatic N) is 4. The number of imidazole rings is 1. The van der Waals surface area contributed by atoms with E-state index in [1.54, 1.807) is 18.7 Å². The van der Waals surface area contributed by atoms with Crippen LogP contribution in [-0.4, -0.2) is 32.6 Å². The lowest BCUT2D eigenvalue weighted by molar-refractivity contribution is 0.452. The van der Waals surface area contributed by atoms with Crippen molar-refractivity contribution in [1.29, 1.82) is 0 Å². The molecule has 3 heterocycles. The minimum absolute atomic E-state index is 0. The summed E-state index contributed by atoms with van der Waals surface area (Å²) < 4.78 is 1.89. The van der Waals surface area contributed by atoms with E-state index in [2.05, 4.69) is 20.3 Å².